The maximum Gasteiger partial charge on any atom is 0.0635 e. The second kappa shape index (κ2) is 5.72. The first-order chi connectivity index (χ1) is 8.50. The average molecular weight is 315 g/mol. The number of halogens is 1. The SMILES string of the molecule is CC1C(N)CCC1c1c(Br)cnn1CCN(C)C. The Hall–Kier alpha value is -0.390. The largest absolute Gasteiger partial charge is 0.327 e. The van der Waals surface area contributed by atoms with Crippen molar-refractivity contribution in [3.8, 4) is 0 Å². The number of nitrogens with two attached hydrogens (primary N) is 1. The zero-order valence-electron chi connectivity index (χ0n) is 11.4. The molecule has 102 valence electrons. The van der Waals surface area contributed by atoms with Crippen molar-refractivity contribution in [2.24, 2.45) is 11.7 Å². The van der Waals surface area contributed by atoms with E-state index in [9.17, 15) is 0 Å². The van der Waals surface area contributed by atoms with Crippen molar-refractivity contribution < 1.29 is 0 Å². The lowest BCUT2D eigenvalue weighted by atomic mass is 9.93. The summed E-state index contributed by atoms with van der Waals surface area (Å²) in [5, 5.41) is 4.49. The predicted molar refractivity (Wildman–Crippen MR) is 77.6 cm³/mol. The normalized spacial score (nSPS) is 28.2. The van der Waals surface area contributed by atoms with Crippen LogP contribution in [0.2, 0.25) is 0 Å². The monoisotopic (exact) mass is 314 g/mol. The Morgan fingerprint density at radius 1 is 1.50 bits per heavy atom. The molecule has 0 saturated heterocycles. The predicted octanol–water partition coefficient (Wildman–Crippen LogP) is 2.05. The van der Waals surface area contributed by atoms with Gasteiger partial charge in [-0.25, -0.2) is 0 Å². The highest BCUT2D eigenvalue weighted by molar-refractivity contribution is 9.10. The van der Waals surface area contributed by atoms with E-state index in [2.05, 4.69) is 51.6 Å². The number of aromatic nitrogens is 2. The van der Waals surface area contributed by atoms with Crippen LogP contribution >= 0.6 is 15.9 Å². The third-order valence-corrected chi connectivity index (χ3v) is 4.68. The van der Waals surface area contributed by atoms with Gasteiger partial charge in [-0.15, -0.1) is 0 Å². The number of rotatable bonds is 4. The average Bonchev–Trinajstić information content (AvgIpc) is 2.82. The summed E-state index contributed by atoms with van der Waals surface area (Å²) in [6.45, 7) is 4.21. The molecule has 5 heteroatoms. The maximum atomic E-state index is 6.14. The Labute approximate surface area is 118 Å². The molecule has 1 aliphatic rings. The van der Waals surface area contributed by atoms with Gasteiger partial charge in [0.25, 0.3) is 0 Å². The van der Waals surface area contributed by atoms with Crippen molar-refractivity contribution >= 4 is 15.9 Å². The molecule has 3 atom stereocenters. The van der Waals surface area contributed by atoms with E-state index in [0.717, 1.165) is 24.0 Å². The standard InChI is InChI=1S/C13H23BrN4/c1-9-10(4-5-12(9)15)13-11(14)8-16-18(13)7-6-17(2)3/h8-10,12H,4-7,15H2,1-3H3. The molecule has 1 aromatic rings. The summed E-state index contributed by atoms with van der Waals surface area (Å²) in [4.78, 5) is 2.18. The lowest BCUT2D eigenvalue weighted by Gasteiger charge is -2.21. The zero-order valence-corrected chi connectivity index (χ0v) is 13.0. The van der Waals surface area contributed by atoms with Crippen molar-refractivity contribution in [1.29, 1.82) is 0 Å². The highest BCUT2D eigenvalue weighted by Gasteiger charge is 2.34. The highest BCUT2D eigenvalue weighted by Crippen LogP contribution is 2.41. The quantitative estimate of drug-likeness (QED) is 0.925. The molecule has 0 bridgehead atoms. The van der Waals surface area contributed by atoms with E-state index >= 15 is 0 Å². The van der Waals surface area contributed by atoms with Gasteiger partial charge in [-0.2, -0.15) is 5.10 Å². The molecule has 1 fully saturated rings. The molecule has 0 aromatic carbocycles. The molecule has 0 spiro atoms. The molecule has 0 radical (unpaired) electrons. The second-order valence-electron chi connectivity index (χ2n) is 5.61. The summed E-state index contributed by atoms with van der Waals surface area (Å²) in [6.07, 6.45) is 4.22. The van der Waals surface area contributed by atoms with Crippen molar-refractivity contribution in [3.05, 3.63) is 16.4 Å². The molecule has 3 unspecified atom stereocenters. The molecular formula is C13H23BrN4. The van der Waals surface area contributed by atoms with Gasteiger partial charge in [0, 0.05) is 18.5 Å². The second-order valence-corrected chi connectivity index (χ2v) is 6.47. The number of hydrogen-bond acceptors (Lipinski definition) is 3. The van der Waals surface area contributed by atoms with Gasteiger partial charge in [0.15, 0.2) is 0 Å². The molecule has 1 saturated carbocycles. The summed E-state index contributed by atoms with van der Waals surface area (Å²) in [5.74, 6) is 1.08. The van der Waals surface area contributed by atoms with Gasteiger partial charge in [-0.05, 0) is 48.8 Å². The van der Waals surface area contributed by atoms with Gasteiger partial charge in [0.2, 0.25) is 0 Å². The van der Waals surface area contributed by atoms with Gasteiger partial charge in [-0.3, -0.25) is 4.68 Å². The summed E-state index contributed by atoms with van der Waals surface area (Å²) < 4.78 is 3.27. The van der Waals surface area contributed by atoms with Gasteiger partial charge in [-0.1, -0.05) is 6.92 Å². The Morgan fingerprint density at radius 2 is 2.22 bits per heavy atom. The molecule has 2 N–H and O–H groups in total. The molecular weight excluding hydrogens is 292 g/mol. The minimum atomic E-state index is 0.332. The van der Waals surface area contributed by atoms with Crippen molar-refractivity contribution in [1.82, 2.24) is 14.7 Å². The van der Waals surface area contributed by atoms with Crippen LogP contribution < -0.4 is 5.73 Å². The smallest absolute Gasteiger partial charge is 0.0635 e. The first-order valence-electron chi connectivity index (χ1n) is 6.62. The van der Waals surface area contributed by atoms with Gasteiger partial charge < -0.3 is 10.6 Å². The summed E-state index contributed by atoms with van der Waals surface area (Å²) >= 11 is 3.64. The van der Waals surface area contributed by atoms with E-state index in [4.69, 9.17) is 5.73 Å². The lowest BCUT2D eigenvalue weighted by molar-refractivity contribution is 0.360. The van der Waals surface area contributed by atoms with Crippen LogP contribution in [0.4, 0.5) is 0 Å². The Balaban J connectivity index is 2.18. The van der Waals surface area contributed by atoms with E-state index in [-0.39, 0.29) is 0 Å². The van der Waals surface area contributed by atoms with E-state index in [1.165, 1.54) is 12.1 Å². The fourth-order valence-electron chi connectivity index (χ4n) is 2.80. The maximum absolute atomic E-state index is 6.14. The summed E-state index contributed by atoms with van der Waals surface area (Å²) in [6, 6.07) is 0.332. The van der Waals surface area contributed by atoms with Crippen LogP contribution in [0.25, 0.3) is 0 Å². The lowest BCUT2D eigenvalue weighted by Crippen LogP contribution is -2.26. The molecule has 0 aliphatic heterocycles. The van der Waals surface area contributed by atoms with Crippen LogP contribution in [0.15, 0.2) is 10.7 Å². The number of hydrogen-bond donors (Lipinski definition) is 1. The minimum Gasteiger partial charge on any atom is -0.327 e. The van der Waals surface area contributed by atoms with E-state index in [1.807, 2.05) is 6.20 Å². The van der Waals surface area contributed by atoms with Crippen LogP contribution in [0, 0.1) is 5.92 Å². The van der Waals surface area contributed by atoms with Crippen LogP contribution in [-0.2, 0) is 6.54 Å². The Bertz CT molecular complexity index is 402. The first kappa shape index (κ1) is 14.0. The van der Waals surface area contributed by atoms with Crippen LogP contribution in [0.3, 0.4) is 0 Å². The topological polar surface area (TPSA) is 47.1 Å². The zero-order chi connectivity index (χ0) is 13.3. The molecule has 1 aromatic heterocycles. The molecule has 18 heavy (non-hydrogen) atoms. The first-order valence-corrected chi connectivity index (χ1v) is 7.41. The van der Waals surface area contributed by atoms with Crippen LogP contribution in [-0.4, -0.2) is 41.4 Å². The van der Waals surface area contributed by atoms with Crippen LogP contribution in [0.1, 0.15) is 31.4 Å². The number of likely N-dealkylation sites (N-methyl/N-ethyl adjacent to an activating group) is 1. The van der Waals surface area contributed by atoms with E-state index < -0.39 is 0 Å². The third kappa shape index (κ3) is 2.78. The van der Waals surface area contributed by atoms with Gasteiger partial charge in [0.05, 0.1) is 22.9 Å². The number of nitrogens with zero attached hydrogens (tertiary/aromatic N) is 3. The highest BCUT2D eigenvalue weighted by atomic mass is 79.9. The minimum absolute atomic E-state index is 0.332. The van der Waals surface area contributed by atoms with Crippen molar-refractivity contribution in [2.45, 2.75) is 38.3 Å². The van der Waals surface area contributed by atoms with Gasteiger partial charge >= 0.3 is 0 Å². The fourth-order valence-corrected chi connectivity index (χ4v) is 3.39. The fraction of sp³-hybridized carbons (Fsp3) is 0.769. The molecule has 0 amide bonds. The molecule has 1 heterocycles. The van der Waals surface area contributed by atoms with Crippen molar-refractivity contribution in [3.63, 3.8) is 0 Å². The summed E-state index contributed by atoms with van der Waals surface area (Å²) in [7, 11) is 4.18. The van der Waals surface area contributed by atoms with E-state index in [1.54, 1.807) is 0 Å². The van der Waals surface area contributed by atoms with E-state index in [0.29, 0.717) is 17.9 Å². The van der Waals surface area contributed by atoms with Gasteiger partial charge in [0.1, 0.15) is 0 Å². The third-order valence-electron chi connectivity index (χ3n) is 4.06. The molecule has 4 nitrogen and oxygen atoms in total. The Kier molecular flexibility index (Phi) is 4.45. The molecule has 2 rings (SSSR count). The Morgan fingerprint density at radius 3 is 2.78 bits per heavy atom. The summed E-state index contributed by atoms with van der Waals surface area (Å²) in [5.41, 5.74) is 7.47. The molecule has 1 aliphatic carbocycles. The van der Waals surface area contributed by atoms with Crippen LogP contribution in [0.5, 0.6) is 0 Å². The van der Waals surface area contributed by atoms with Crippen molar-refractivity contribution in [2.75, 3.05) is 20.6 Å².